The van der Waals surface area contributed by atoms with Crippen LogP contribution in [0.2, 0.25) is 0 Å². The molecule has 0 saturated heterocycles. The zero-order valence-electron chi connectivity index (χ0n) is 21.5. The van der Waals surface area contributed by atoms with E-state index in [1.54, 1.807) is 43.6 Å². The standard InChI is InChI=1S/C15H13N3O.C8H8O2.C7H7N3.3CH4/c1-11-6-2-3-7-12(11)15(19)17-13-10-18-9-5-4-8-14(18)16-13;1-6-4-2-3-5-7(6)8(9)10;8-6-5-10-4-2-1-3-7(10)9-6;;;/h2-10H,1H3,(H,17,19);2-5H,1H3,(H,9,10);1-5H,8H2;3*1H4. The van der Waals surface area contributed by atoms with E-state index >= 15 is 0 Å². The van der Waals surface area contributed by atoms with Crippen molar-refractivity contribution in [2.45, 2.75) is 36.1 Å². The minimum absolute atomic E-state index is 0. The molecule has 0 aliphatic carbocycles. The highest BCUT2D eigenvalue weighted by Gasteiger charge is 2.10. The number of aromatic carboxylic acids is 1. The van der Waals surface area contributed by atoms with Gasteiger partial charge in [-0.05, 0) is 61.4 Å². The van der Waals surface area contributed by atoms with E-state index in [9.17, 15) is 9.59 Å². The van der Waals surface area contributed by atoms with E-state index in [-0.39, 0.29) is 28.2 Å². The van der Waals surface area contributed by atoms with Crippen LogP contribution in [0.1, 0.15) is 54.1 Å². The molecule has 0 aliphatic rings. The normalized spacial score (nSPS) is 9.48. The smallest absolute Gasteiger partial charge is 0.335 e. The number of rotatable bonds is 3. The second-order valence-electron chi connectivity index (χ2n) is 8.61. The summed E-state index contributed by atoms with van der Waals surface area (Å²) in [7, 11) is 0. The van der Waals surface area contributed by atoms with E-state index in [1.165, 1.54) is 0 Å². The highest BCUT2D eigenvalue weighted by Crippen LogP contribution is 2.13. The number of carboxylic acid groups (broad SMARTS) is 1. The number of aryl methyl sites for hydroxylation is 2. The number of amides is 1. The Morgan fingerprint density at radius 1 is 0.690 bits per heavy atom. The minimum atomic E-state index is -0.863. The maximum absolute atomic E-state index is 12.2. The van der Waals surface area contributed by atoms with Gasteiger partial charge in [-0.3, -0.25) is 4.79 Å². The molecule has 6 rings (SSSR count). The van der Waals surface area contributed by atoms with Gasteiger partial charge in [-0.25, -0.2) is 14.8 Å². The van der Waals surface area contributed by atoms with Crippen LogP contribution in [0.4, 0.5) is 11.6 Å². The molecule has 0 radical (unpaired) electrons. The number of aromatic nitrogens is 4. The predicted molar refractivity (Wildman–Crippen MR) is 172 cm³/mol. The highest BCUT2D eigenvalue weighted by molar-refractivity contribution is 6.04. The Balaban J connectivity index is 0.000000330. The zero-order chi connectivity index (χ0) is 27.8. The molecule has 220 valence electrons. The molecule has 4 aromatic heterocycles. The van der Waals surface area contributed by atoms with Crippen molar-refractivity contribution >= 4 is 34.8 Å². The summed E-state index contributed by atoms with van der Waals surface area (Å²) in [6.07, 6.45) is 7.39. The quantitative estimate of drug-likeness (QED) is 0.204. The van der Waals surface area contributed by atoms with E-state index in [0.717, 1.165) is 22.4 Å². The SMILES string of the molecule is C.C.C.Cc1ccccc1C(=O)Nc1cn2ccccc2n1.Cc1ccccc1C(=O)O.Nc1cn2ccccc2n1. The van der Waals surface area contributed by atoms with E-state index in [1.807, 2.05) is 88.8 Å². The number of nitrogen functional groups attached to an aromatic ring is 1. The lowest BCUT2D eigenvalue weighted by atomic mass is 10.1. The number of nitrogens with zero attached hydrogens (tertiary/aromatic N) is 4. The fourth-order valence-corrected chi connectivity index (χ4v) is 3.77. The summed E-state index contributed by atoms with van der Waals surface area (Å²) < 4.78 is 3.75. The van der Waals surface area contributed by atoms with Gasteiger partial charge in [-0.1, -0.05) is 70.8 Å². The summed E-state index contributed by atoms with van der Waals surface area (Å²) >= 11 is 0. The molecule has 0 unspecified atom stereocenters. The average molecular weight is 569 g/mol. The molecule has 9 nitrogen and oxygen atoms in total. The molecule has 0 spiro atoms. The van der Waals surface area contributed by atoms with Gasteiger partial charge in [0, 0.05) is 18.0 Å². The Labute approximate surface area is 247 Å². The monoisotopic (exact) mass is 568 g/mol. The Bertz CT molecular complexity index is 1670. The summed E-state index contributed by atoms with van der Waals surface area (Å²) in [6, 6.07) is 25.9. The van der Waals surface area contributed by atoms with Crippen LogP contribution in [-0.4, -0.2) is 35.8 Å². The summed E-state index contributed by atoms with van der Waals surface area (Å²) in [6.45, 7) is 3.70. The van der Waals surface area contributed by atoms with Crippen LogP contribution >= 0.6 is 0 Å². The molecular formula is C33H40N6O3. The molecule has 0 fully saturated rings. The molecule has 9 heteroatoms. The summed E-state index contributed by atoms with van der Waals surface area (Å²) in [5.41, 5.74) is 9.95. The number of imidazole rings is 2. The fourth-order valence-electron chi connectivity index (χ4n) is 3.77. The van der Waals surface area contributed by atoms with Crippen LogP contribution < -0.4 is 11.1 Å². The Morgan fingerprint density at radius 2 is 1.17 bits per heavy atom. The molecule has 4 heterocycles. The Morgan fingerprint density at radius 3 is 1.64 bits per heavy atom. The first-order valence-corrected chi connectivity index (χ1v) is 12.1. The molecule has 6 aromatic rings. The van der Waals surface area contributed by atoms with Gasteiger partial charge >= 0.3 is 5.97 Å². The van der Waals surface area contributed by atoms with Gasteiger partial charge in [-0.2, -0.15) is 0 Å². The third kappa shape index (κ3) is 8.79. The van der Waals surface area contributed by atoms with Gasteiger partial charge in [0.2, 0.25) is 0 Å². The number of anilines is 2. The second-order valence-corrected chi connectivity index (χ2v) is 8.61. The topological polar surface area (TPSA) is 127 Å². The lowest BCUT2D eigenvalue weighted by Gasteiger charge is -2.04. The molecule has 4 N–H and O–H groups in total. The first-order chi connectivity index (χ1) is 18.8. The van der Waals surface area contributed by atoms with E-state index in [0.29, 0.717) is 22.8 Å². The van der Waals surface area contributed by atoms with Gasteiger partial charge in [0.25, 0.3) is 5.91 Å². The summed E-state index contributed by atoms with van der Waals surface area (Å²) in [5, 5.41) is 11.4. The number of pyridine rings is 2. The van der Waals surface area contributed by atoms with Crippen molar-refractivity contribution in [3.63, 3.8) is 0 Å². The minimum Gasteiger partial charge on any atom is -0.478 e. The van der Waals surface area contributed by atoms with E-state index in [4.69, 9.17) is 10.8 Å². The van der Waals surface area contributed by atoms with Gasteiger partial charge in [0.15, 0.2) is 5.82 Å². The van der Waals surface area contributed by atoms with Crippen LogP contribution in [0.3, 0.4) is 0 Å². The number of benzene rings is 2. The lowest BCUT2D eigenvalue weighted by Crippen LogP contribution is -2.13. The summed E-state index contributed by atoms with van der Waals surface area (Å²) in [4.78, 5) is 31.0. The van der Waals surface area contributed by atoms with Crippen molar-refractivity contribution in [1.82, 2.24) is 18.8 Å². The highest BCUT2D eigenvalue weighted by atomic mass is 16.4. The van der Waals surface area contributed by atoms with Crippen LogP contribution in [0.5, 0.6) is 0 Å². The van der Waals surface area contributed by atoms with Crippen LogP contribution in [0.15, 0.2) is 110 Å². The third-order valence-electron chi connectivity index (χ3n) is 5.75. The Kier molecular flexibility index (Phi) is 13.2. The molecule has 0 atom stereocenters. The summed E-state index contributed by atoms with van der Waals surface area (Å²) in [5.74, 6) is 0.116. The molecule has 42 heavy (non-hydrogen) atoms. The molecular weight excluding hydrogens is 528 g/mol. The number of nitrogens with two attached hydrogens (primary N) is 1. The molecule has 1 amide bonds. The van der Waals surface area contributed by atoms with Gasteiger partial charge in [0.1, 0.15) is 17.1 Å². The maximum Gasteiger partial charge on any atom is 0.335 e. The molecule has 0 aliphatic heterocycles. The van der Waals surface area contributed by atoms with Gasteiger partial charge < -0.3 is 25.0 Å². The van der Waals surface area contributed by atoms with E-state index in [2.05, 4.69) is 15.3 Å². The van der Waals surface area contributed by atoms with Crippen LogP contribution in [0, 0.1) is 13.8 Å². The largest absolute Gasteiger partial charge is 0.478 e. The number of hydrogen-bond donors (Lipinski definition) is 3. The first-order valence-electron chi connectivity index (χ1n) is 12.1. The number of nitrogens with one attached hydrogen (secondary N) is 1. The van der Waals surface area contributed by atoms with Crippen LogP contribution in [0.25, 0.3) is 11.3 Å². The number of hydrogen-bond acceptors (Lipinski definition) is 5. The van der Waals surface area contributed by atoms with E-state index < -0.39 is 5.97 Å². The number of carbonyl (C=O) groups is 2. The van der Waals surface area contributed by atoms with Gasteiger partial charge in [0.05, 0.1) is 18.0 Å². The van der Waals surface area contributed by atoms with Gasteiger partial charge in [-0.15, -0.1) is 0 Å². The number of carbonyl (C=O) groups excluding carboxylic acids is 1. The fraction of sp³-hybridized carbons (Fsp3) is 0.152. The van der Waals surface area contributed by atoms with Crippen molar-refractivity contribution in [3.8, 4) is 0 Å². The average Bonchev–Trinajstić information content (AvgIpc) is 3.51. The zero-order valence-corrected chi connectivity index (χ0v) is 21.5. The van der Waals surface area contributed by atoms with Crippen molar-refractivity contribution in [2.24, 2.45) is 0 Å². The predicted octanol–water partition coefficient (Wildman–Crippen LogP) is 7.41. The van der Waals surface area contributed by atoms with Crippen molar-refractivity contribution < 1.29 is 14.7 Å². The second kappa shape index (κ2) is 16.0. The lowest BCUT2D eigenvalue weighted by molar-refractivity contribution is 0.0696. The number of carboxylic acids is 1. The van der Waals surface area contributed by atoms with Crippen molar-refractivity contribution in [1.29, 1.82) is 0 Å². The Hall–Kier alpha value is -5.44. The van der Waals surface area contributed by atoms with Crippen molar-refractivity contribution in [2.75, 3.05) is 11.1 Å². The third-order valence-corrected chi connectivity index (χ3v) is 5.75. The number of fused-ring (bicyclic) bond motifs is 2. The maximum atomic E-state index is 12.2. The molecule has 2 aromatic carbocycles. The molecule has 0 saturated carbocycles. The van der Waals surface area contributed by atoms with Crippen molar-refractivity contribution in [3.05, 3.63) is 132 Å². The van der Waals surface area contributed by atoms with Crippen LogP contribution in [-0.2, 0) is 0 Å². The first kappa shape index (κ1) is 34.6. The molecule has 0 bridgehead atoms.